The van der Waals surface area contributed by atoms with Crippen molar-refractivity contribution in [3.05, 3.63) is 54.0 Å². The molecule has 0 atom stereocenters. The molecule has 26 heavy (non-hydrogen) atoms. The van der Waals surface area contributed by atoms with E-state index in [-0.39, 0.29) is 17.7 Å². The van der Waals surface area contributed by atoms with Gasteiger partial charge in [-0.2, -0.15) is 0 Å². The van der Waals surface area contributed by atoms with E-state index in [1.165, 1.54) is 17.4 Å². The minimum atomic E-state index is -0.0214. The Kier molecular flexibility index (Phi) is 6.04. The summed E-state index contributed by atoms with van der Waals surface area (Å²) in [4.78, 5) is 29.9. The van der Waals surface area contributed by atoms with E-state index in [9.17, 15) is 9.59 Å². The fourth-order valence-electron chi connectivity index (χ4n) is 3.29. The molecule has 0 radical (unpaired) electrons. The normalized spacial score (nSPS) is 15.1. The number of rotatable bonds is 5. The average Bonchev–Trinajstić information content (AvgIpc) is 3.22. The first-order valence-electron chi connectivity index (χ1n) is 8.78. The van der Waals surface area contributed by atoms with E-state index in [4.69, 9.17) is 4.42 Å². The summed E-state index contributed by atoms with van der Waals surface area (Å²) in [6.07, 6.45) is 6.44. The van der Waals surface area contributed by atoms with Crippen LogP contribution in [0.4, 0.5) is 0 Å². The molecule has 6 heteroatoms. The predicted octanol–water partition coefficient (Wildman–Crippen LogP) is 3.51. The van der Waals surface area contributed by atoms with Crippen molar-refractivity contribution in [1.29, 1.82) is 0 Å². The first-order chi connectivity index (χ1) is 12.6. The quantitative estimate of drug-likeness (QED) is 0.754. The summed E-state index contributed by atoms with van der Waals surface area (Å²) in [6.45, 7) is 1.83. The molecule has 2 amide bonds. The molecule has 5 nitrogen and oxygen atoms in total. The molecule has 138 valence electrons. The molecular formula is C20H24N2O3S. The smallest absolute Gasteiger partial charge is 0.257 e. The van der Waals surface area contributed by atoms with E-state index in [2.05, 4.69) is 24.3 Å². The molecule has 1 aromatic heterocycles. The number of likely N-dealkylation sites (tertiary alicyclic amines) is 1. The van der Waals surface area contributed by atoms with E-state index in [1.807, 2.05) is 13.3 Å². The van der Waals surface area contributed by atoms with Crippen LogP contribution in [-0.2, 0) is 11.3 Å². The maximum absolute atomic E-state index is 12.7. The van der Waals surface area contributed by atoms with Crippen LogP contribution >= 0.6 is 11.8 Å². The van der Waals surface area contributed by atoms with Crippen LogP contribution in [0, 0.1) is 5.92 Å². The van der Waals surface area contributed by atoms with Gasteiger partial charge in [0.25, 0.3) is 5.91 Å². The summed E-state index contributed by atoms with van der Waals surface area (Å²) in [5.41, 5.74) is 1.70. The van der Waals surface area contributed by atoms with Crippen molar-refractivity contribution in [1.82, 2.24) is 9.80 Å². The second kappa shape index (κ2) is 8.45. The van der Waals surface area contributed by atoms with Crippen LogP contribution in [0.1, 0.15) is 28.8 Å². The molecule has 0 spiro atoms. The molecule has 0 saturated carbocycles. The van der Waals surface area contributed by atoms with Gasteiger partial charge in [0, 0.05) is 37.5 Å². The molecule has 1 aliphatic heterocycles. The van der Waals surface area contributed by atoms with Crippen molar-refractivity contribution in [3.63, 3.8) is 0 Å². The number of benzene rings is 1. The standard InChI is InChI=1S/C20H24N2O3S/c1-21(13-15-3-5-18(26-2)6-4-15)19(23)16-7-10-22(11-8-16)20(24)17-9-12-25-14-17/h3-6,9,12,14,16H,7-8,10-11,13H2,1-2H3. The maximum atomic E-state index is 12.7. The number of nitrogens with zero attached hydrogens (tertiary/aromatic N) is 2. The van der Waals surface area contributed by atoms with Gasteiger partial charge >= 0.3 is 0 Å². The molecule has 1 aliphatic rings. The van der Waals surface area contributed by atoms with Crippen LogP contribution in [0.25, 0.3) is 0 Å². The van der Waals surface area contributed by atoms with Crippen molar-refractivity contribution in [2.75, 3.05) is 26.4 Å². The van der Waals surface area contributed by atoms with Gasteiger partial charge in [-0.15, -0.1) is 11.8 Å². The molecule has 1 aromatic carbocycles. The summed E-state index contributed by atoms with van der Waals surface area (Å²) in [5.74, 6) is 0.125. The van der Waals surface area contributed by atoms with Crippen molar-refractivity contribution < 1.29 is 14.0 Å². The lowest BCUT2D eigenvalue weighted by atomic mass is 9.95. The van der Waals surface area contributed by atoms with Gasteiger partial charge in [0.05, 0.1) is 11.8 Å². The molecule has 1 fully saturated rings. The topological polar surface area (TPSA) is 53.8 Å². The van der Waals surface area contributed by atoms with Gasteiger partial charge < -0.3 is 14.2 Å². The number of hydrogen-bond donors (Lipinski definition) is 0. The van der Waals surface area contributed by atoms with Crippen LogP contribution in [0.5, 0.6) is 0 Å². The monoisotopic (exact) mass is 372 g/mol. The highest BCUT2D eigenvalue weighted by Crippen LogP contribution is 2.22. The second-order valence-electron chi connectivity index (χ2n) is 6.62. The van der Waals surface area contributed by atoms with Crippen LogP contribution in [0.2, 0.25) is 0 Å². The number of amides is 2. The van der Waals surface area contributed by atoms with Gasteiger partial charge in [-0.25, -0.2) is 0 Å². The molecule has 0 N–H and O–H groups in total. The molecule has 2 heterocycles. The Morgan fingerprint density at radius 2 is 1.88 bits per heavy atom. The Hall–Kier alpha value is -2.21. The Morgan fingerprint density at radius 1 is 1.19 bits per heavy atom. The number of hydrogen-bond acceptors (Lipinski definition) is 4. The summed E-state index contributed by atoms with van der Waals surface area (Å²) < 4.78 is 4.98. The van der Waals surface area contributed by atoms with E-state index < -0.39 is 0 Å². The van der Waals surface area contributed by atoms with Crippen molar-refractivity contribution in [3.8, 4) is 0 Å². The van der Waals surface area contributed by atoms with Crippen molar-refractivity contribution >= 4 is 23.6 Å². The first-order valence-corrected chi connectivity index (χ1v) is 10.0. The second-order valence-corrected chi connectivity index (χ2v) is 7.50. The number of furan rings is 1. The van der Waals surface area contributed by atoms with Crippen LogP contribution in [0.15, 0.2) is 52.2 Å². The van der Waals surface area contributed by atoms with Gasteiger partial charge in [0.15, 0.2) is 0 Å². The maximum Gasteiger partial charge on any atom is 0.257 e. The fourth-order valence-corrected chi connectivity index (χ4v) is 3.70. The third-order valence-electron chi connectivity index (χ3n) is 4.85. The lowest BCUT2D eigenvalue weighted by Gasteiger charge is -2.33. The zero-order chi connectivity index (χ0) is 18.5. The zero-order valence-electron chi connectivity index (χ0n) is 15.2. The van der Waals surface area contributed by atoms with Gasteiger partial charge in [-0.1, -0.05) is 12.1 Å². The minimum Gasteiger partial charge on any atom is -0.472 e. The number of thioether (sulfide) groups is 1. The SMILES string of the molecule is CSc1ccc(CN(C)C(=O)C2CCN(C(=O)c3ccoc3)CC2)cc1. The molecule has 0 aliphatic carbocycles. The molecule has 2 aromatic rings. The number of carbonyl (C=O) groups is 2. The molecule has 3 rings (SSSR count). The number of carbonyl (C=O) groups excluding carboxylic acids is 2. The van der Waals surface area contributed by atoms with Crippen LogP contribution in [-0.4, -0.2) is 48.0 Å². The third-order valence-corrected chi connectivity index (χ3v) is 5.60. The summed E-state index contributed by atoms with van der Waals surface area (Å²) in [6, 6.07) is 9.98. The highest BCUT2D eigenvalue weighted by Gasteiger charge is 2.29. The van der Waals surface area contributed by atoms with E-state index in [0.29, 0.717) is 38.0 Å². The van der Waals surface area contributed by atoms with Gasteiger partial charge in [0.1, 0.15) is 6.26 Å². The minimum absolute atomic E-state index is 0.0149. The summed E-state index contributed by atoms with van der Waals surface area (Å²) in [5, 5.41) is 0. The van der Waals surface area contributed by atoms with Crippen molar-refractivity contribution in [2.45, 2.75) is 24.3 Å². The first kappa shape index (κ1) is 18.6. The van der Waals surface area contributed by atoms with Crippen LogP contribution < -0.4 is 0 Å². The largest absolute Gasteiger partial charge is 0.472 e. The lowest BCUT2D eigenvalue weighted by molar-refractivity contribution is -0.136. The Labute approximate surface area is 158 Å². The Bertz CT molecular complexity index is 735. The van der Waals surface area contributed by atoms with Gasteiger partial charge in [-0.3, -0.25) is 9.59 Å². The van der Waals surface area contributed by atoms with E-state index >= 15 is 0 Å². The summed E-state index contributed by atoms with van der Waals surface area (Å²) >= 11 is 1.71. The average molecular weight is 372 g/mol. The molecular weight excluding hydrogens is 348 g/mol. The summed E-state index contributed by atoms with van der Waals surface area (Å²) in [7, 11) is 1.85. The van der Waals surface area contributed by atoms with Gasteiger partial charge in [-0.05, 0) is 42.9 Å². The lowest BCUT2D eigenvalue weighted by Crippen LogP contribution is -2.43. The highest BCUT2D eigenvalue weighted by atomic mass is 32.2. The molecule has 1 saturated heterocycles. The highest BCUT2D eigenvalue weighted by molar-refractivity contribution is 7.98. The van der Waals surface area contributed by atoms with E-state index in [1.54, 1.807) is 27.6 Å². The van der Waals surface area contributed by atoms with Gasteiger partial charge in [0.2, 0.25) is 5.91 Å². The van der Waals surface area contributed by atoms with Crippen molar-refractivity contribution in [2.24, 2.45) is 5.92 Å². The predicted molar refractivity (Wildman–Crippen MR) is 102 cm³/mol. The Morgan fingerprint density at radius 3 is 2.46 bits per heavy atom. The van der Waals surface area contributed by atoms with Crippen LogP contribution in [0.3, 0.4) is 0 Å². The Balaban J connectivity index is 1.51. The molecule has 0 bridgehead atoms. The zero-order valence-corrected chi connectivity index (χ0v) is 16.0. The molecule has 0 unspecified atom stereocenters. The third kappa shape index (κ3) is 4.30. The number of piperidine rings is 1. The fraction of sp³-hybridized carbons (Fsp3) is 0.400. The van der Waals surface area contributed by atoms with E-state index in [0.717, 1.165) is 5.56 Å².